The zero-order valence-electron chi connectivity index (χ0n) is 9.87. The lowest BCUT2D eigenvalue weighted by atomic mass is 10.1. The fraction of sp³-hybridized carbons (Fsp3) is 0.417. The Labute approximate surface area is 95.6 Å². The van der Waals surface area contributed by atoms with E-state index >= 15 is 0 Å². The van der Waals surface area contributed by atoms with Crippen molar-refractivity contribution in [2.24, 2.45) is 0 Å². The van der Waals surface area contributed by atoms with Gasteiger partial charge in [0.05, 0.1) is 19.3 Å². The van der Waals surface area contributed by atoms with E-state index in [4.69, 9.17) is 9.47 Å². The van der Waals surface area contributed by atoms with Crippen molar-refractivity contribution < 1.29 is 14.3 Å². The zero-order chi connectivity index (χ0) is 12.0. The second-order valence-electron chi connectivity index (χ2n) is 3.46. The summed E-state index contributed by atoms with van der Waals surface area (Å²) in [5, 5.41) is 3.13. The third kappa shape index (κ3) is 3.24. The molecule has 0 spiro atoms. The first-order valence-electron chi connectivity index (χ1n) is 5.11. The molecular formula is C12H17NO3. The van der Waals surface area contributed by atoms with E-state index in [-0.39, 0.29) is 5.97 Å². The van der Waals surface area contributed by atoms with Crippen molar-refractivity contribution in [3.8, 4) is 0 Å². The average Bonchev–Trinajstić information content (AvgIpc) is 2.30. The van der Waals surface area contributed by atoms with Gasteiger partial charge in [0.15, 0.2) is 0 Å². The van der Waals surface area contributed by atoms with Gasteiger partial charge in [-0.3, -0.25) is 0 Å². The Bertz CT molecular complexity index is 363. The first kappa shape index (κ1) is 12.5. The van der Waals surface area contributed by atoms with E-state index in [0.717, 1.165) is 11.3 Å². The number of ether oxygens (including phenoxy) is 2. The topological polar surface area (TPSA) is 47.6 Å². The Kier molecular flexibility index (Phi) is 4.79. The summed E-state index contributed by atoms with van der Waals surface area (Å²) >= 11 is 0. The molecule has 0 fully saturated rings. The minimum atomic E-state index is -0.330. The van der Waals surface area contributed by atoms with Gasteiger partial charge in [-0.2, -0.15) is 0 Å². The van der Waals surface area contributed by atoms with Crippen molar-refractivity contribution in [3.63, 3.8) is 0 Å². The standard InChI is InChI=1S/C12H17NO3/c1-9-4-5-11(13-6-7-15-2)10(8-9)12(14)16-3/h4-5,8,13H,6-7H2,1-3H3. The van der Waals surface area contributed by atoms with Crippen LogP contribution in [0.25, 0.3) is 0 Å². The summed E-state index contributed by atoms with van der Waals surface area (Å²) in [6.45, 7) is 3.18. The quantitative estimate of drug-likeness (QED) is 0.611. The summed E-state index contributed by atoms with van der Waals surface area (Å²) in [6.07, 6.45) is 0. The van der Waals surface area contributed by atoms with Gasteiger partial charge in [-0.05, 0) is 19.1 Å². The van der Waals surface area contributed by atoms with Crippen molar-refractivity contribution in [2.45, 2.75) is 6.92 Å². The van der Waals surface area contributed by atoms with Gasteiger partial charge in [-0.15, -0.1) is 0 Å². The predicted octanol–water partition coefficient (Wildman–Crippen LogP) is 1.84. The SMILES string of the molecule is COCCNc1ccc(C)cc1C(=O)OC. The molecule has 16 heavy (non-hydrogen) atoms. The lowest BCUT2D eigenvalue weighted by Crippen LogP contribution is -2.12. The molecule has 4 nitrogen and oxygen atoms in total. The van der Waals surface area contributed by atoms with Crippen LogP contribution in [-0.2, 0) is 9.47 Å². The maximum absolute atomic E-state index is 11.5. The first-order valence-corrected chi connectivity index (χ1v) is 5.11. The molecule has 0 unspecified atom stereocenters. The summed E-state index contributed by atoms with van der Waals surface area (Å²) in [5.41, 5.74) is 2.35. The van der Waals surface area contributed by atoms with Crippen LogP contribution >= 0.6 is 0 Å². The van der Waals surface area contributed by atoms with Gasteiger partial charge in [0.25, 0.3) is 0 Å². The lowest BCUT2D eigenvalue weighted by molar-refractivity contribution is 0.0601. The number of esters is 1. The van der Waals surface area contributed by atoms with Crippen LogP contribution in [0.15, 0.2) is 18.2 Å². The van der Waals surface area contributed by atoms with Gasteiger partial charge in [0.2, 0.25) is 0 Å². The van der Waals surface area contributed by atoms with Crippen LogP contribution in [0.1, 0.15) is 15.9 Å². The van der Waals surface area contributed by atoms with Crippen LogP contribution in [0.4, 0.5) is 5.69 Å². The Hall–Kier alpha value is -1.55. The van der Waals surface area contributed by atoms with Crippen LogP contribution in [-0.4, -0.2) is 33.3 Å². The number of methoxy groups -OCH3 is 2. The summed E-state index contributed by atoms with van der Waals surface area (Å²) in [5.74, 6) is -0.330. The van der Waals surface area contributed by atoms with Gasteiger partial charge in [0, 0.05) is 19.3 Å². The fourth-order valence-electron chi connectivity index (χ4n) is 1.38. The summed E-state index contributed by atoms with van der Waals surface area (Å²) in [4.78, 5) is 11.5. The number of nitrogens with one attached hydrogen (secondary N) is 1. The molecule has 0 amide bonds. The number of carbonyl (C=O) groups is 1. The normalized spacial score (nSPS) is 9.94. The molecule has 0 aliphatic rings. The van der Waals surface area contributed by atoms with Gasteiger partial charge in [-0.25, -0.2) is 4.79 Å². The van der Waals surface area contributed by atoms with E-state index in [2.05, 4.69) is 5.32 Å². The van der Waals surface area contributed by atoms with E-state index in [9.17, 15) is 4.79 Å². The van der Waals surface area contributed by atoms with Gasteiger partial charge in [-0.1, -0.05) is 11.6 Å². The number of aryl methyl sites for hydroxylation is 1. The summed E-state index contributed by atoms with van der Waals surface area (Å²) < 4.78 is 9.66. The largest absolute Gasteiger partial charge is 0.465 e. The van der Waals surface area contributed by atoms with Crippen LogP contribution in [0, 0.1) is 6.92 Å². The number of anilines is 1. The van der Waals surface area contributed by atoms with Crippen molar-refractivity contribution in [3.05, 3.63) is 29.3 Å². The molecule has 0 saturated carbocycles. The molecule has 1 N–H and O–H groups in total. The Morgan fingerprint density at radius 1 is 1.38 bits per heavy atom. The van der Waals surface area contributed by atoms with Crippen molar-refractivity contribution in [1.82, 2.24) is 0 Å². The molecule has 0 heterocycles. The zero-order valence-corrected chi connectivity index (χ0v) is 9.87. The Balaban J connectivity index is 2.85. The van der Waals surface area contributed by atoms with E-state index in [1.165, 1.54) is 7.11 Å². The molecular weight excluding hydrogens is 206 g/mol. The van der Waals surface area contributed by atoms with E-state index in [1.54, 1.807) is 13.2 Å². The van der Waals surface area contributed by atoms with Crippen LogP contribution in [0.3, 0.4) is 0 Å². The monoisotopic (exact) mass is 223 g/mol. The van der Waals surface area contributed by atoms with Gasteiger partial charge in [0.1, 0.15) is 0 Å². The van der Waals surface area contributed by atoms with Crippen molar-refractivity contribution in [2.75, 3.05) is 32.7 Å². The maximum Gasteiger partial charge on any atom is 0.339 e. The molecule has 0 aliphatic carbocycles. The second-order valence-corrected chi connectivity index (χ2v) is 3.46. The Morgan fingerprint density at radius 3 is 2.75 bits per heavy atom. The first-order chi connectivity index (χ1) is 7.69. The maximum atomic E-state index is 11.5. The number of benzene rings is 1. The molecule has 1 rings (SSSR count). The second kappa shape index (κ2) is 6.12. The Morgan fingerprint density at radius 2 is 2.12 bits per heavy atom. The minimum Gasteiger partial charge on any atom is -0.465 e. The van der Waals surface area contributed by atoms with Crippen LogP contribution in [0.5, 0.6) is 0 Å². The molecule has 0 saturated heterocycles. The highest BCUT2D eigenvalue weighted by molar-refractivity contribution is 5.95. The van der Waals surface area contributed by atoms with Crippen molar-refractivity contribution in [1.29, 1.82) is 0 Å². The summed E-state index contributed by atoms with van der Waals surface area (Å²) in [7, 11) is 3.02. The fourth-order valence-corrected chi connectivity index (χ4v) is 1.38. The molecule has 1 aromatic rings. The molecule has 1 aromatic carbocycles. The number of carbonyl (C=O) groups excluding carboxylic acids is 1. The molecule has 0 aromatic heterocycles. The molecule has 88 valence electrons. The third-order valence-corrected chi connectivity index (χ3v) is 2.20. The van der Waals surface area contributed by atoms with Gasteiger partial charge < -0.3 is 14.8 Å². The molecule has 4 heteroatoms. The smallest absolute Gasteiger partial charge is 0.339 e. The van der Waals surface area contributed by atoms with Crippen LogP contribution < -0.4 is 5.32 Å². The predicted molar refractivity (Wildman–Crippen MR) is 62.9 cm³/mol. The number of hydrogen-bond donors (Lipinski definition) is 1. The van der Waals surface area contributed by atoms with Crippen molar-refractivity contribution >= 4 is 11.7 Å². The molecule has 0 aliphatic heterocycles. The third-order valence-electron chi connectivity index (χ3n) is 2.20. The van der Waals surface area contributed by atoms with E-state index < -0.39 is 0 Å². The molecule has 0 bridgehead atoms. The average molecular weight is 223 g/mol. The lowest BCUT2D eigenvalue weighted by Gasteiger charge is -2.11. The minimum absolute atomic E-state index is 0.330. The molecule has 0 atom stereocenters. The molecule has 0 radical (unpaired) electrons. The highest BCUT2D eigenvalue weighted by atomic mass is 16.5. The number of hydrogen-bond acceptors (Lipinski definition) is 4. The van der Waals surface area contributed by atoms with Gasteiger partial charge >= 0.3 is 5.97 Å². The highest BCUT2D eigenvalue weighted by Crippen LogP contribution is 2.18. The van der Waals surface area contributed by atoms with Crippen LogP contribution in [0.2, 0.25) is 0 Å². The number of rotatable bonds is 5. The van der Waals surface area contributed by atoms with E-state index in [1.807, 2.05) is 19.1 Å². The summed E-state index contributed by atoms with van der Waals surface area (Å²) in [6, 6.07) is 5.62. The van der Waals surface area contributed by atoms with E-state index in [0.29, 0.717) is 18.7 Å². The highest BCUT2D eigenvalue weighted by Gasteiger charge is 2.11.